The Bertz CT molecular complexity index is 911. The number of halogens is 1. The molecule has 1 atom stereocenters. The van der Waals surface area contributed by atoms with Crippen molar-refractivity contribution in [3.63, 3.8) is 0 Å². The normalized spacial score (nSPS) is 16.5. The van der Waals surface area contributed by atoms with Gasteiger partial charge in [-0.05, 0) is 49.6 Å². The third kappa shape index (κ3) is 5.42. The number of hydrogen-bond donors (Lipinski definition) is 1. The number of carbonyl (C=O) groups is 1. The minimum atomic E-state index is -3.78. The fraction of sp³-hybridized carbons (Fsp3) is 0.409. The minimum absolute atomic E-state index is 0.180. The Morgan fingerprint density at radius 1 is 1.07 bits per heavy atom. The summed E-state index contributed by atoms with van der Waals surface area (Å²) in [4.78, 5) is 12.9. The van der Waals surface area contributed by atoms with Gasteiger partial charge in [0.05, 0.1) is 17.5 Å². The molecule has 7 heteroatoms. The van der Waals surface area contributed by atoms with E-state index < -0.39 is 10.0 Å². The smallest absolute Gasteiger partial charge is 0.243 e. The highest BCUT2D eigenvalue weighted by molar-refractivity contribution is 7.89. The average Bonchev–Trinajstić information content (AvgIpc) is 2.73. The minimum Gasteiger partial charge on any atom is -0.348 e. The highest BCUT2D eigenvalue weighted by Gasteiger charge is 2.34. The van der Waals surface area contributed by atoms with Crippen molar-refractivity contribution in [1.29, 1.82) is 0 Å². The summed E-state index contributed by atoms with van der Waals surface area (Å²) < 4.78 is 41.0. The Hall–Kier alpha value is -2.25. The molecule has 156 valence electrons. The van der Waals surface area contributed by atoms with Crippen molar-refractivity contribution in [3.05, 3.63) is 66.0 Å². The van der Waals surface area contributed by atoms with E-state index in [0.717, 1.165) is 37.7 Å². The second-order valence-electron chi connectivity index (χ2n) is 7.50. The van der Waals surface area contributed by atoms with Crippen molar-refractivity contribution in [2.75, 3.05) is 6.54 Å². The van der Waals surface area contributed by atoms with Gasteiger partial charge in [0, 0.05) is 6.04 Å². The molecule has 0 bridgehead atoms. The van der Waals surface area contributed by atoms with E-state index in [0.29, 0.717) is 0 Å². The SMILES string of the molecule is CC(NC(=O)CN(C1CCCCC1)S(=O)(=O)c1ccccc1)c1ccc(F)cc1. The molecule has 3 rings (SSSR count). The van der Waals surface area contributed by atoms with Gasteiger partial charge in [-0.25, -0.2) is 12.8 Å². The number of nitrogens with zero attached hydrogens (tertiary/aromatic N) is 1. The van der Waals surface area contributed by atoms with Gasteiger partial charge in [-0.3, -0.25) is 4.79 Å². The van der Waals surface area contributed by atoms with Crippen molar-refractivity contribution in [3.8, 4) is 0 Å². The second kappa shape index (κ2) is 9.50. The standard InChI is InChI=1S/C22H27FN2O3S/c1-17(18-12-14-19(23)15-13-18)24-22(26)16-25(20-8-4-2-5-9-20)29(27,28)21-10-6-3-7-11-21/h3,6-7,10-15,17,20H,2,4-5,8-9,16H2,1H3,(H,24,26). The van der Waals surface area contributed by atoms with Gasteiger partial charge in [0.2, 0.25) is 15.9 Å². The Morgan fingerprint density at radius 2 is 1.69 bits per heavy atom. The maximum Gasteiger partial charge on any atom is 0.243 e. The van der Waals surface area contributed by atoms with E-state index in [1.165, 1.54) is 16.4 Å². The van der Waals surface area contributed by atoms with Crippen LogP contribution >= 0.6 is 0 Å². The lowest BCUT2D eigenvalue weighted by molar-refractivity contribution is -0.122. The fourth-order valence-corrected chi connectivity index (χ4v) is 5.43. The van der Waals surface area contributed by atoms with E-state index >= 15 is 0 Å². The summed E-state index contributed by atoms with van der Waals surface area (Å²) in [5.41, 5.74) is 0.759. The lowest BCUT2D eigenvalue weighted by atomic mass is 9.95. The molecule has 1 N–H and O–H groups in total. The van der Waals surface area contributed by atoms with E-state index in [1.807, 2.05) is 0 Å². The van der Waals surface area contributed by atoms with Crippen LogP contribution in [0.5, 0.6) is 0 Å². The number of hydrogen-bond acceptors (Lipinski definition) is 3. The van der Waals surface area contributed by atoms with Gasteiger partial charge in [0.15, 0.2) is 0 Å². The Labute approximate surface area is 172 Å². The van der Waals surface area contributed by atoms with E-state index in [1.54, 1.807) is 49.4 Å². The average molecular weight is 419 g/mol. The van der Waals surface area contributed by atoms with Crippen LogP contribution in [0.15, 0.2) is 59.5 Å². The lowest BCUT2D eigenvalue weighted by Gasteiger charge is -2.33. The summed E-state index contributed by atoms with van der Waals surface area (Å²) in [6, 6.07) is 13.6. The topological polar surface area (TPSA) is 66.5 Å². The van der Waals surface area contributed by atoms with Gasteiger partial charge in [-0.15, -0.1) is 0 Å². The molecule has 2 aromatic carbocycles. The molecule has 1 aliphatic carbocycles. The van der Waals surface area contributed by atoms with E-state index in [4.69, 9.17) is 0 Å². The predicted molar refractivity (Wildman–Crippen MR) is 110 cm³/mol. The van der Waals surface area contributed by atoms with Gasteiger partial charge in [-0.1, -0.05) is 49.6 Å². The van der Waals surface area contributed by atoms with Crippen LogP contribution in [0.3, 0.4) is 0 Å². The summed E-state index contributed by atoms with van der Waals surface area (Å²) >= 11 is 0. The number of amides is 1. The van der Waals surface area contributed by atoms with Crippen LogP contribution in [-0.2, 0) is 14.8 Å². The summed E-state index contributed by atoms with van der Waals surface area (Å²) in [6.07, 6.45) is 4.52. The molecular weight excluding hydrogens is 391 g/mol. The quantitative estimate of drug-likeness (QED) is 0.738. The molecule has 2 aromatic rings. The van der Waals surface area contributed by atoms with Crippen LogP contribution in [0.4, 0.5) is 4.39 Å². The first-order valence-electron chi connectivity index (χ1n) is 9.99. The van der Waals surface area contributed by atoms with Gasteiger partial charge in [0.1, 0.15) is 5.82 Å². The first kappa shape index (κ1) is 21.5. The Morgan fingerprint density at radius 3 is 2.31 bits per heavy atom. The van der Waals surface area contributed by atoms with Gasteiger partial charge >= 0.3 is 0 Å². The van der Waals surface area contributed by atoms with Crippen LogP contribution in [0, 0.1) is 5.82 Å². The number of rotatable bonds is 7. The molecule has 1 aliphatic rings. The van der Waals surface area contributed by atoms with Crippen molar-refractivity contribution >= 4 is 15.9 Å². The number of sulfonamides is 1. The molecule has 0 heterocycles. The van der Waals surface area contributed by atoms with Gasteiger partial charge < -0.3 is 5.32 Å². The van der Waals surface area contributed by atoms with Gasteiger partial charge in [-0.2, -0.15) is 4.31 Å². The lowest BCUT2D eigenvalue weighted by Crippen LogP contribution is -2.47. The van der Waals surface area contributed by atoms with Crippen LogP contribution in [0.1, 0.15) is 50.6 Å². The third-order valence-electron chi connectivity index (χ3n) is 5.38. The number of benzene rings is 2. The second-order valence-corrected chi connectivity index (χ2v) is 9.39. The molecule has 1 unspecified atom stereocenters. The molecule has 29 heavy (non-hydrogen) atoms. The summed E-state index contributed by atoms with van der Waals surface area (Å²) in [6.45, 7) is 1.56. The highest BCUT2D eigenvalue weighted by atomic mass is 32.2. The first-order valence-corrected chi connectivity index (χ1v) is 11.4. The molecule has 1 amide bonds. The monoisotopic (exact) mass is 418 g/mol. The molecular formula is C22H27FN2O3S. The Kier molecular flexibility index (Phi) is 7.03. The predicted octanol–water partition coefficient (Wildman–Crippen LogP) is 4.03. The van der Waals surface area contributed by atoms with E-state index in [2.05, 4.69) is 5.32 Å². The van der Waals surface area contributed by atoms with Crippen molar-refractivity contribution in [1.82, 2.24) is 9.62 Å². The molecule has 0 aliphatic heterocycles. The van der Waals surface area contributed by atoms with Crippen molar-refractivity contribution in [2.45, 2.75) is 56.0 Å². The molecule has 0 aromatic heterocycles. The molecule has 0 radical (unpaired) electrons. The third-order valence-corrected chi connectivity index (χ3v) is 7.29. The summed E-state index contributed by atoms with van der Waals surface area (Å²) in [7, 11) is -3.78. The van der Waals surface area contributed by atoms with E-state index in [9.17, 15) is 17.6 Å². The van der Waals surface area contributed by atoms with Crippen LogP contribution in [0.25, 0.3) is 0 Å². The summed E-state index contributed by atoms with van der Waals surface area (Å²) in [5.74, 6) is -0.711. The maximum atomic E-state index is 13.3. The largest absolute Gasteiger partial charge is 0.348 e. The molecule has 0 spiro atoms. The van der Waals surface area contributed by atoms with Crippen LogP contribution in [0.2, 0.25) is 0 Å². The summed E-state index contributed by atoms with van der Waals surface area (Å²) in [5, 5.41) is 2.84. The van der Waals surface area contributed by atoms with Crippen LogP contribution < -0.4 is 5.32 Å². The van der Waals surface area contributed by atoms with Gasteiger partial charge in [0.25, 0.3) is 0 Å². The maximum absolute atomic E-state index is 13.3. The van der Waals surface area contributed by atoms with Crippen molar-refractivity contribution in [2.24, 2.45) is 0 Å². The zero-order valence-electron chi connectivity index (χ0n) is 16.6. The van der Waals surface area contributed by atoms with Crippen molar-refractivity contribution < 1.29 is 17.6 Å². The van der Waals surface area contributed by atoms with Crippen LogP contribution in [-0.4, -0.2) is 31.2 Å². The molecule has 0 saturated heterocycles. The zero-order valence-corrected chi connectivity index (χ0v) is 17.4. The van der Waals surface area contributed by atoms with E-state index in [-0.39, 0.29) is 35.2 Å². The molecule has 1 saturated carbocycles. The Balaban J connectivity index is 1.77. The zero-order chi connectivity index (χ0) is 20.9. The highest BCUT2D eigenvalue weighted by Crippen LogP contribution is 2.27. The molecule has 5 nitrogen and oxygen atoms in total. The molecule has 1 fully saturated rings. The first-order chi connectivity index (χ1) is 13.9. The number of nitrogens with one attached hydrogen (secondary N) is 1. The number of carbonyl (C=O) groups excluding carboxylic acids is 1. The fourth-order valence-electron chi connectivity index (χ4n) is 3.77.